The van der Waals surface area contributed by atoms with Crippen molar-refractivity contribution < 1.29 is 13.2 Å². The number of halogens is 3. The molecule has 15 heavy (non-hydrogen) atoms. The second-order valence-corrected chi connectivity index (χ2v) is 3.95. The van der Waals surface area contributed by atoms with Crippen molar-refractivity contribution in [2.45, 2.75) is 52.1 Å². The van der Waals surface area contributed by atoms with Gasteiger partial charge in [-0.05, 0) is 25.9 Å². The van der Waals surface area contributed by atoms with E-state index in [2.05, 4.69) is 6.92 Å². The average molecular weight is 225 g/mol. The summed E-state index contributed by atoms with van der Waals surface area (Å²) in [5.74, 6) is 0. The summed E-state index contributed by atoms with van der Waals surface area (Å²) >= 11 is 0. The lowest BCUT2D eigenvalue weighted by Crippen LogP contribution is -2.35. The lowest BCUT2D eigenvalue weighted by atomic mass is 10.2. The predicted molar refractivity (Wildman–Crippen MR) is 56.9 cm³/mol. The molecule has 0 amide bonds. The Hall–Kier alpha value is -0.250. The molecule has 1 nitrogen and oxygen atoms in total. The van der Waals surface area contributed by atoms with Crippen molar-refractivity contribution in [2.75, 3.05) is 19.6 Å². The minimum Gasteiger partial charge on any atom is -0.295 e. The van der Waals surface area contributed by atoms with E-state index in [9.17, 15) is 13.2 Å². The maximum Gasteiger partial charge on any atom is 0.401 e. The molecule has 0 radical (unpaired) electrons. The van der Waals surface area contributed by atoms with Gasteiger partial charge in [-0.1, -0.05) is 33.1 Å². The highest BCUT2D eigenvalue weighted by molar-refractivity contribution is 4.62. The van der Waals surface area contributed by atoms with E-state index in [1.54, 1.807) is 0 Å². The Balaban J connectivity index is 3.73. The van der Waals surface area contributed by atoms with E-state index < -0.39 is 12.7 Å². The molecule has 0 atom stereocenters. The van der Waals surface area contributed by atoms with Crippen LogP contribution in [0.5, 0.6) is 0 Å². The molecule has 0 spiro atoms. The van der Waals surface area contributed by atoms with Crippen molar-refractivity contribution in [1.82, 2.24) is 4.90 Å². The normalized spacial score (nSPS) is 12.4. The molecule has 0 saturated heterocycles. The minimum atomic E-state index is -4.06. The number of unbranched alkanes of at least 4 members (excludes halogenated alkanes) is 3. The van der Waals surface area contributed by atoms with Gasteiger partial charge in [-0.25, -0.2) is 0 Å². The van der Waals surface area contributed by atoms with Gasteiger partial charge in [0.05, 0.1) is 6.54 Å². The van der Waals surface area contributed by atoms with Gasteiger partial charge in [0.1, 0.15) is 0 Å². The third kappa shape index (κ3) is 10.0. The molecular formula is C11H22F3N. The first kappa shape index (κ1) is 14.8. The van der Waals surface area contributed by atoms with Gasteiger partial charge in [0, 0.05) is 0 Å². The molecule has 0 aliphatic carbocycles. The van der Waals surface area contributed by atoms with Crippen LogP contribution in [-0.4, -0.2) is 30.7 Å². The zero-order valence-electron chi connectivity index (χ0n) is 9.74. The topological polar surface area (TPSA) is 3.24 Å². The second-order valence-electron chi connectivity index (χ2n) is 3.95. The first-order valence-electron chi connectivity index (χ1n) is 5.78. The maximum absolute atomic E-state index is 12.2. The maximum atomic E-state index is 12.2. The molecule has 0 fully saturated rings. The van der Waals surface area contributed by atoms with Crippen LogP contribution in [0.3, 0.4) is 0 Å². The summed E-state index contributed by atoms with van der Waals surface area (Å²) in [6, 6.07) is 0. The molecule has 0 aromatic carbocycles. The van der Waals surface area contributed by atoms with Gasteiger partial charge in [0.15, 0.2) is 0 Å². The first-order chi connectivity index (χ1) is 6.99. The van der Waals surface area contributed by atoms with Crippen molar-refractivity contribution in [3.05, 3.63) is 0 Å². The van der Waals surface area contributed by atoms with E-state index in [1.807, 2.05) is 6.92 Å². The Morgan fingerprint density at radius 2 is 1.53 bits per heavy atom. The van der Waals surface area contributed by atoms with E-state index in [4.69, 9.17) is 0 Å². The second kappa shape index (κ2) is 7.97. The van der Waals surface area contributed by atoms with Crippen LogP contribution in [-0.2, 0) is 0 Å². The summed E-state index contributed by atoms with van der Waals surface area (Å²) in [5.41, 5.74) is 0. The number of nitrogens with zero attached hydrogens (tertiary/aromatic N) is 1. The molecule has 4 heteroatoms. The molecule has 0 aliphatic heterocycles. The Kier molecular flexibility index (Phi) is 7.83. The molecule has 0 rings (SSSR count). The summed E-state index contributed by atoms with van der Waals surface area (Å²) in [6.45, 7) is 4.38. The SMILES string of the molecule is CCCCCCN(CCC)CC(F)(F)F. The quantitative estimate of drug-likeness (QED) is 0.567. The summed E-state index contributed by atoms with van der Waals surface area (Å²) in [6.07, 6.45) is 0.876. The van der Waals surface area contributed by atoms with Gasteiger partial charge in [-0.15, -0.1) is 0 Å². The van der Waals surface area contributed by atoms with Crippen molar-refractivity contribution in [2.24, 2.45) is 0 Å². The minimum absolute atomic E-state index is 0.547. The molecule has 0 N–H and O–H groups in total. The zero-order valence-corrected chi connectivity index (χ0v) is 9.74. The fourth-order valence-corrected chi connectivity index (χ4v) is 1.60. The highest BCUT2D eigenvalue weighted by Gasteiger charge is 2.29. The van der Waals surface area contributed by atoms with Gasteiger partial charge < -0.3 is 0 Å². The van der Waals surface area contributed by atoms with Crippen molar-refractivity contribution in [3.8, 4) is 0 Å². The van der Waals surface area contributed by atoms with Gasteiger partial charge in [0.2, 0.25) is 0 Å². The molecule has 92 valence electrons. The van der Waals surface area contributed by atoms with Crippen LogP contribution in [0.25, 0.3) is 0 Å². The van der Waals surface area contributed by atoms with E-state index in [1.165, 1.54) is 4.90 Å². The summed E-state index contributed by atoms with van der Waals surface area (Å²) in [7, 11) is 0. The van der Waals surface area contributed by atoms with Crippen molar-refractivity contribution in [1.29, 1.82) is 0 Å². The standard InChI is InChI=1S/C11H22F3N/c1-3-5-6-7-9-15(8-4-2)10-11(12,13)14/h3-10H2,1-2H3. The van der Waals surface area contributed by atoms with Gasteiger partial charge in [-0.2, -0.15) is 13.2 Å². The number of alkyl halides is 3. The molecule has 0 aromatic rings. The van der Waals surface area contributed by atoms with E-state index >= 15 is 0 Å². The van der Waals surface area contributed by atoms with Crippen LogP contribution in [0.1, 0.15) is 46.0 Å². The summed E-state index contributed by atoms with van der Waals surface area (Å²) < 4.78 is 36.5. The monoisotopic (exact) mass is 225 g/mol. The summed E-state index contributed by atoms with van der Waals surface area (Å²) in [5, 5.41) is 0. The third-order valence-electron chi connectivity index (χ3n) is 2.27. The predicted octanol–water partition coefficient (Wildman–Crippen LogP) is 3.84. The van der Waals surface area contributed by atoms with Crippen LogP contribution in [0.2, 0.25) is 0 Å². The van der Waals surface area contributed by atoms with E-state index in [0.717, 1.165) is 32.1 Å². The number of hydrogen-bond donors (Lipinski definition) is 0. The van der Waals surface area contributed by atoms with E-state index in [-0.39, 0.29) is 0 Å². The molecular weight excluding hydrogens is 203 g/mol. The Morgan fingerprint density at radius 3 is 2.00 bits per heavy atom. The fraction of sp³-hybridized carbons (Fsp3) is 1.00. The van der Waals surface area contributed by atoms with Crippen LogP contribution < -0.4 is 0 Å². The molecule has 0 bridgehead atoms. The third-order valence-corrected chi connectivity index (χ3v) is 2.27. The van der Waals surface area contributed by atoms with Gasteiger partial charge in [0.25, 0.3) is 0 Å². The summed E-state index contributed by atoms with van der Waals surface area (Å²) in [4.78, 5) is 1.51. The highest BCUT2D eigenvalue weighted by Crippen LogP contribution is 2.17. The van der Waals surface area contributed by atoms with Gasteiger partial charge >= 0.3 is 6.18 Å². The number of hydrogen-bond acceptors (Lipinski definition) is 1. The largest absolute Gasteiger partial charge is 0.401 e. The molecule has 0 saturated carbocycles. The van der Waals surface area contributed by atoms with Gasteiger partial charge in [-0.3, -0.25) is 4.90 Å². The Labute approximate surface area is 90.6 Å². The number of rotatable bonds is 8. The van der Waals surface area contributed by atoms with Crippen molar-refractivity contribution in [3.63, 3.8) is 0 Å². The molecule has 0 unspecified atom stereocenters. The smallest absolute Gasteiger partial charge is 0.295 e. The van der Waals surface area contributed by atoms with Crippen molar-refractivity contribution >= 4 is 0 Å². The van der Waals surface area contributed by atoms with Crippen LogP contribution in [0, 0.1) is 0 Å². The Bertz CT molecular complexity index is 145. The van der Waals surface area contributed by atoms with E-state index in [0.29, 0.717) is 13.1 Å². The fourth-order valence-electron chi connectivity index (χ4n) is 1.60. The lowest BCUT2D eigenvalue weighted by Gasteiger charge is -2.22. The van der Waals surface area contributed by atoms with Crippen LogP contribution in [0.4, 0.5) is 13.2 Å². The Morgan fingerprint density at radius 1 is 0.867 bits per heavy atom. The van der Waals surface area contributed by atoms with Crippen LogP contribution in [0.15, 0.2) is 0 Å². The first-order valence-corrected chi connectivity index (χ1v) is 5.78. The zero-order chi connectivity index (χ0) is 11.7. The lowest BCUT2D eigenvalue weighted by molar-refractivity contribution is -0.146. The molecule has 0 aliphatic rings. The van der Waals surface area contributed by atoms with Crippen LogP contribution >= 0.6 is 0 Å². The molecule has 0 heterocycles. The average Bonchev–Trinajstić information content (AvgIpc) is 2.10. The highest BCUT2D eigenvalue weighted by atomic mass is 19.4. The molecule has 0 aromatic heterocycles.